The van der Waals surface area contributed by atoms with E-state index in [1.807, 2.05) is 27.8 Å². The SMILES string of the molecule is C=CCn1nc(C(=O)N2CCCCC2)c2c1CC[C@@H](NCc1ccccc1F)C2. The monoisotopic (exact) mass is 396 g/mol. The summed E-state index contributed by atoms with van der Waals surface area (Å²) in [5.41, 5.74) is 3.47. The van der Waals surface area contributed by atoms with Crippen LogP contribution < -0.4 is 5.32 Å². The van der Waals surface area contributed by atoms with Gasteiger partial charge in [-0.1, -0.05) is 24.3 Å². The van der Waals surface area contributed by atoms with Crippen LogP contribution in [0.25, 0.3) is 0 Å². The number of piperidine rings is 1. The summed E-state index contributed by atoms with van der Waals surface area (Å²) in [6.07, 6.45) is 7.69. The van der Waals surface area contributed by atoms with Gasteiger partial charge in [0.2, 0.25) is 0 Å². The van der Waals surface area contributed by atoms with Gasteiger partial charge in [-0.15, -0.1) is 6.58 Å². The van der Waals surface area contributed by atoms with Gasteiger partial charge in [-0.05, 0) is 44.6 Å². The van der Waals surface area contributed by atoms with Crippen LogP contribution in [0.1, 0.15) is 53.0 Å². The lowest BCUT2D eigenvalue weighted by molar-refractivity contribution is 0.0716. The van der Waals surface area contributed by atoms with Crippen molar-refractivity contribution in [3.05, 3.63) is 65.3 Å². The Hall–Kier alpha value is -2.47. The van der Waals surface area contributed by atoms with E-state index in [1.165, 1.54) is 12.5 Å². The molecule has 6 heteroatoms. The number of nitrogens with one attached hydrogen (secondary N) is 1. The van der Waals surface area contributed by atoms with Crippen molar-refractivity contribution in [2.45, 2.75) is 57.7 Å². The second kappa shape index (κ2) is 8.91. The predicted octanol–water partition coefficient (Wildman–Crippen LogP) is 3.48. The van der Waals surface area contributed by atoms with Crippen LogP contribution in [0.15, 0.2) is 36.9 Å². The van der Waals surface area contributed by atoms with Crippen molar-refractivity contribution < 1.29 is 9.18 Å². The number of carbonyl (C=O) groups is 1. The van der Waals surface area contributed by atoms with E-state index in [-0.39, 0.29) is 17.8 Å². The average Bonchev–Trinajstić information content (AvgIpc) is 3.11. The van der Waals surface area contributed by atoms with Crippen LogP contribution in [0.4, 0.5) is 4.39 Å². The third-order valence-corrected chi connectivity index (χ3v) is 6.03. The molecule has 1 atom stereocenters. The molecule has 1 saturated heterocycles. The largest absolute Gasteiger partial charge is 0.337 e. The molecule has 1 fully saturated rings. The normalized spacial score (nSPS) is 19.1. The highest BCUT2D eigenvalue weighted by Gasteiger charge is 2.31. The van der Waals surface area contributed by atoms with E-state index >= 15 is 0 Å². The number of amides is 1. The van der Waals surface area contributed by atoms with Gasteiger partial charge in [-0.3, -0.25) is 9.48 Å². The number of hydrogen-bond donors (Lipinski definition) is 1. The Morgan fingerprint density at radius 1 is 1.28 bits per heavy atom. The van der Waals surface area contributed by atoms with Gasteiger partial charge in [0, 0.05) is 42.5 Å². The zero-order valence-electron chi connectivity index (χ0n) is 16.9. The molecular weight excluding hydrogens is 367 g/mol. The van der Waals surface area contributed by atoms with Crippen molar-refractivity contribution in [2.24, 2.45) is 0 Å². The highest BCUT2D eigenvalue weighted by molar-refractivity contribution is 5.94. The highest BCUT2D eigenvalue weighted by Crippen LogP contribution is 2.27. The summed E-state index contributed by atoms with van der Waals surface area (Å²) in [5, 5.41) is 8.17. The van der Waals surface area contributed by atoms with E-state index in [0.717, 1.165) is 56.5 Å². The zero-order chi connectivity index (χ0) is 20.2. The lowest BCUT2D eigenvalue weighted by atomic mass is 9.90. The van der Waals surface area contributed by atoms with Gasteiger partial charge < -0.3 is 10.2 Å². The Morgan fingerprint density at radius 2 is 2.07 bits per heavy atom. The summed E-state index contributed by atoms with van der Waals surface area (Å²) in [6, 6.07) is 7.07. The summed E-state index contributed by atoms with van der Waals surface area (Å²) in [4.78, 5) is 15.1. The molecule has 0 spiro atoms. The molecule has 5 nitrogen and oxygen atoms in total. The van der Waals surface area contributed by atoms with Crippen LogP contribution in [0, 0.1) is 5.82 Å². The van der Waals surface area contributed by atoms with Crippen LogP contribution in [-0.4, -0.2) is 39.7 Å². The Kier molecular flexibility index (Phi) is 6.09. The van der Waals surface area contributed by atoms with Gasteiger partial charge >= 0.3 is 0 Å². The van der Waals surface area contributed by atoms with Crippen LogP contribution in [0.3, 0.4) is 0 Å². The average molecular weight is 397 g/mol. The number of rotatable bonds is 6. The van der Waals surface area contributed by atoms with Crippen LogP contribution in [-0.2, 0) is 25.9 Å². The number of fused-ring (bicyclic) bond motifs is 1. The number of aromatic nitrogens is 2. The van der Waals surface area contributed by atoms with E-state index in [4.69, 9.17) is 0 Å². The summed E-state index contributed by atoms with van der Waals surface area (Å²) in [5.74, 6) is -0.130. The van der Waals surface area contributed by atoms with E-state index in [2.05, 4.69) is 17.0 Å². The Balaban J connectivity index is 1.53. The zero-order valence-corrected chi connectivity index (χ0v) is 16.9. The lowest BCUT2D eigenvalue weighted by Gasteiger charge is -2.28. The maximum absolute atomic E-state index is 13.9. The first-order valence-corrected chi connectivity index (χ1v) is 10.6. The first kappa shape index (κ1) is 19.8. The summed E-state index contributed by atoms with van der Waals surface area (Å²) in [6.45, 7) is 6.57. The third kappa shape index (κ3) is 4.27. The fourth-order valence-electron chi connectivity index (χ4n) is 4.45. The van der Waals surface area contributed by atoms with Crippen LogP contribution in [0.5, 0.6) is 0 Å². The summed E-state index contributed by atoms with van der Waals surface area (Å²) >= 11 is 0. The molecule has 4 rings (SSSR count). The molecule has 2 aromatic rings. The number of likely N-dealkylation sites (tertiary alicyclic amines) is 1. The number of benzene rings is 1. The van der Waals surface area contributed by atoms with E-state index in [1.54, 1.807) is 6.07 Å². The highest BCUT2D eigenvalue weighted by atomic mass is 19.1. The molecular formula is C23H29FN4O. The molecule has 2 aliphatic rings. The molecule has 0 radical (unpaired) electrons. The number of nitrogens with zero attached hydrogens (tertiary/aromatic N) is 3. The molecule has 0 unspecified atom stereocenters. The minimum atomic E-state index is -0.184. The smallest absolute Gasteiger partial charge is 0.274 e. The lowest BCUT2D eigenvalue weighted by Crippen LogP contribution is -2.38. The van der Waals surface area contributed by atoms with Crippen molar-refractivity contribution in [1.29, 1.82) is 0 Å². The summed E-state index contributed by atoms with van der Waals surface area (Å²) in [7, 11) is 0. The fourth-order valence-corrected chi connectivity index (χ4v) is 4.45. The quantitative estimate of drug-likeness (QED) is 0.761. The molecule has 1 aromatic carbocycles. The van der Waals surface area contributed by atoms with Crippen molar-refractivity contribution in [3.63, 3.8) is 0 Å². The van der Waals surface area contributed by atoms with Gasteiger partial charge in [0.05, 0.1) is 6.54 Å². The second-order valence-corrected chi connectivity index (χ2v) is 8.01. The Bertz CT molecular complexity index is 885. The molecule has 1 aromatic heterocycles. The number of allylic oxidation sites excluding steroid dienone is 1. The van der Waals surface area contributed by atoms with Crippen molar-refractivity contribution >= 4 is 5.91 Å². The van der Waals surface area contributed by atoms with Gasteiger partial charge in [-0.2, -0.15) is 5.10 Å². The molecule has 1 N–H and O–H groups in total. The maximum atomic E-state index is 13.9. The number of halogens is 1. The van der Waals surface area contributed by atoms with Crippen molar-refractivity contribution in [1.82, 2.24) is 20.0 Å². The first-order chi connectivity index (χ1) is 14.2. The van der Waals surface area contributed by atoms with Crippen LogP contribution >= 0.6 is 0 Å². The van der Waals surface area contributed by atoms with Gasteiger partial charge in [0.25, 0.3) is 5.91 Å². The number of hydrogen-bond acceptors (Lipinski definition) is 3. The maximum Gasteiger partial charge on any atom is 0.274 e. The van der Waals surface area contributed by atoms with Gasteiger partial charge in [-0.25, -0.2) is 4.39 Å². The molecule has 1 aliphatic carbocycles. The standard InChI is InChI=1S/C23H29FN4O/c1-2-12-28-21-11-10-18(25-16-17-8-4-5-9-20(17)24)15-19(21)22(26-28)23(29)27-13-6-3-7-14-27/h2,4-5,8-9,18,25H,1,3,6-7,10-16H2/t18-/m1/s1. The minimum Gasteiger partial charge on any atom is -0.337 e. The fraction of sp³-hybridized carbons (Fsp3) is 0.478. The molecule has 154 valence electrons. The van der Waals surface area contributed by atoms with Gasteiger partial charge in [0.1, 0.15) is 5.82 Å². The molecule has 0 bridgehead atoms. The molecule has 2 heterocycles. The molecule has 0 saturated carbocycles. The van der Waals surface area contributed by atoms with Gasteiger partial charge in [0.15, 0.2) is 5.69 Å². The predicted molar refractivity (Wildman–Crippen MR) is 111 cm³/mol. The second-order valence-electron chi connectivity index (χ2n) is 8.01. The molecule has 29 heavy (non-hydrogen) atoms. The first-order valence-electron chi connectivity index (χ1n) is 10.6. The van der Waals surface area contributed by atoms with Crippen molar-refractivity contribution in [2.75, 3.05) is 13.1 Å². The van der Waals surface area contributed by atoms with Crippen LogP contribution in [0.2, 0.25) is 0 Å². The van der Waals surface area contributed by atoms with Crippen molar-refractivity contribution in [3.8, 4) is 0 Å². The molecule has 1 aliphatic heterocycles. The summed E-state index contributed by atoms with van der Waals surface area (Å²) < 4.78 is 15.9. The minimum absolute atomic E-state index is 0.0542. The Morgan fingerprint density at radius 3 is 2.83 bits per heavy atom. The van der Waals surface area contributed by atoms with E-state index in [9.17, 15) is 9.18 Å². The third-order valence-electron chi connectivity index (χ3n) is 6.03. The van der Waals surface area contributed by atoms with E-state index < -0.39 is 0 Å². The van der Waals surface area contributed by atoms with E-state index in [0.29, 0.717) is 24.3 Å². The topological polar surface area (TPSA) is 50.2 Å². The molecule has 1 amide bonds. The Labute approximate surface area is 171 Å². The number of carbonyl (C=O) groups excluding carboxylic acids is 1.